The molecule has 28 heavy (non-hydrogen) atoms. The smallest absolute Gasteiger partial charge is 0.266 e. The number of methoxy groups -OCH3 is 1. The number of thiophene rings is 1. The van der Waals surface area contributed by atoms with Crippen LogP contribution in [0.4, 0.5) is 0 Å². The predicted molar refractivity (Wildman–Crippen MR) is 121 cm³/mol. The van der Waals surface area contributed by atoms with Gasteiger partial charge in [0.15, 0.2) is 0 Å². The van der Waals surface area contributed by atoms with Crippen molar-refractivity contribution in [2.75, 3.05) is 14.2 Å². The van der Waals surface area contributed by atoms with E-state index < -0.39 is 0 Å². The Morgan fingerprint density at radius 1 is 1.18 bits per heavy atom. The Labute approximate surface area is 174 Å². The first-order valence-electron chi connectivity index (χ1n) is 8.93. The van der Waals surface area contributed by atoms with E-state index in [0.717, 1.165) is 43.4 Å². The molecule has 2 aromatic carbocycles. The van der Waals surface area contributed by atoms with Crippen LogP contribution >= 0.6 is 23.7 Å². The van der Waals surface area contributed by atoms with Gasteiger partial charge in [-0.2, -0.15) is 0 Å². The van der Waals surface area contributed by atoms with Gasteiger partial charge in [0.05, 0.1) is 12.6 Å². The number of rotatable bonds is 4. The van der Waals surface area contributed by atoms with Crippen molar-refractivity contribution >= 4 is 44.7 Å². The fraction of sp³-hybridized carbons (Fsp3) is 0.227. The van der Waals surface area contributed by atoms with Gasteiger partial charge in [-0.1, -0.05) is 24.3 Å². The molecule has 4 rings (SSSR count). The van der Waals surface area contributed by atoms with Crippen LogP contribution in [0.2, 0.25) is 0 Å². The number of hydrogen-bond acceptors (Lipinski definition) is 4. The lowest BCUT2D eigenvalue weighted by Gasteiger charge is -2.17. The number of nitrogens with one attached hydrogen (secondary N) is 2. The lowest BCUT2D eigenvalue weighted by atomic mass is 9.94. The minimum Gasteiger partial charge on any atom is -0.496 e. The van der Waals surface area contributed by atoms with Crippen LogP contribution < -0.4 is 15.6 Å². The average molecular weight is 415 g/mol. The summed E-state index contributed by atoms with van der Waals surface area (Å²) in [5.41, 5.74) is 5.14. The van der Waals surface area contributed by atoms with Gasteiger partial charge in [-0.3, -0.25) is 4.79 Å². The highest BCUT2D eigenvalue weighted by Crippen LogP contribution is 2.41. The Hall–Kier alpha value is -2.34. The molecule has 0 aliphatic heterocycles. The maximum absolute atomic E-state index is 12.5. The number of fused-ring (bicyclic) bond motifs is 3. The molecular formula is C22H23ClN2O2S. The van der Waals surface area contributed by atoms with Gasteiger partial charge in [0, 0.05) is 22.4 Å². The molecule has 0 spiro atoms. The standard InChI is InChI=1S/C22H22N2O2S.ClH/c1-12-11-17(26-4)18(15-7-5-14(6-8-15)13(2)23-3)19-16-9-10-27-21(16)22(25)24-20(12)19;/h5-11,13,23H,1-4H3,(H,24,25);1H/t13-;/m1./s1. The fourth-order valence-corrected chi connectivity index (χ4v) is 4.42. The van der Waals surface area contributed by atoms with Crippen LogP contribution in [0.15, 0.2) is 46.6 Å². The van der Waals surface area contributed by atoms with E-state index >= 15 is 0 Å². The van der Waals surface area contributed by atoms with E-state index in [1.54, 1.807) is 7.11 Å². The summed E-state index contributed by atoms with van der Waals surface area (Å²) in [6.45, 7) is 4.14. The van der Waals surface area contributed by atoms with Crippen molar-refractivity contribution in [3.05, 3.63) is 63.3 Å². The van der Waals surface area contributed by atoms with Crippen molar-refractivity contribution in [3.63, 3.8) is 0 Å². The van der Waals surface area contributed by atoms with Crippen LogP contribution in [0.25, 0.3) is 32.1 Å². The Balaban J connectivity index is 0.00000225. The number of pyridine rings is 1. The summed E-state index contributed by atoms with van der Waals surface area (Å²) in [6.07, 6.45) is 0. The monoisotopic (exact) mass is 414 g/mol. The summed E-state index contributed by atoms with van der Waals surface area (Å²) in [5, 5.41) is 7.25. The lowest BCUT2D eigenvalue weighted by Crippen LogP contribution is -2.11. The van der Waals surface area contributed by atoms with Gasteiger partial charge in [0.1, 0.15) is 10.4 Å². The molecule has 0 amide bonds. The minimum atomic E-state index is -0.0371. The van der Waals surface area contributed by atoms with E-state index in [1.165, 1.54) is 16.9 Å². The number of aromatic amines is 1. The molecule has 2 N–H and O–H groups in total. The SMILES string of the molecule is CN[C@H](C)c1ccc(-c2c(OC)cc(C)c3[nH]c(=O)c4sccc4c23)cc1.Cl. The van der Waals surface area contributed by atoms with Crippen LogP contribution in [0, 0.1) is 6.92 Å². The van der Waals surface area contributed by atoms with Gasteiger partial charge >= 0.3 is 0 Å². The van der Waals surface area contributed by atoms with Crippen molar-refractivity contribution in [1.29, 1.82) is 0 Å². The third kappa shape index (κ3) is 3.20. The van der Waals surface area contributed by atoms with Gasteiger partial charge in [-0.15, -0.1) is 23.7 Å². The topological polar surface area (TPSA) is 54.1 Å². The highest BCUT2D eigenvalue weighted by atomic mass is 35.5. The molecule has 4 aromatic rings. The number of halogens is 1. The molecule has 146 valence electrons. The molecule has 0 saturated carbocycles. The zero-order valence-electron chi connectivity index (χ0n) is 16.3. The van der Waals surface area contributed by atoms with Crippen molar-refractivity contribution in [2.24, 2.45) is 0 Å². The fourth-order valence-electron chi connectivity index (χ4n) is 3.62. The summed E-state index contributed by atoms with van der Waals surface area (Å²) in [7, 11) is 3.65. The quantitative estimate of drug-likeness (QED) is 0.468. The van der Waals surface area contributed by atoms with E-state index in [2.05, 4.69) is 41.5 Å². The highest BCUT2D eigenvalue weighted by molar-refractivity contribution is 7.17. The van der Waals surface area contributed by atoms with Crippen LogP contribution in [0.1, 0.15) is 24.1 Å². The number of hydrogen-bond donors (Lipinski definition) is 2. The van der Waals surface area contributed by atoms with Crippen molar-refractivity contribution in [2.45, 2.75) is 19.9 Å². The number of ether oxygens (including phenoxy) is 1. The third-order valence-electron chi connectivity index (χ3n) is 5.22. The van der Waals surface area contributed by atoms with Gasteiger partial charge in [0.25, 0.3) is 5.56 Å². The second-order valence-corrected chi connectivity index (χ2v) is 7.69. The molecule has 1 atom stereocenters. The largest absolute Gasteiger partial charge is 0.496 e. The van der Waals surface area contributed by atoms with E-state index in [4.69, 9.17) is 4.74 Å². The first kappa shape index (κ1) is 20.4. The molecule has 0 unspecified atom stereocenters. The van der Waals surface area contributed by atoms with Crippen LogP contribution in [0.5, 0.6) is 5.75 Å². The number of H-pyrrole nitrogens is 1. The summed E-state index contributed by atoms with van der Waals surface area (Å²) < 4.78 is 6.49. The zero-order chi connectivity index (χ0) is 19.1. The Morgan fingerprint density at radius 2 is 1.89 bits per heavy atom. The van der Waals surface area contributed by atoms with Gasteiger partial charge in [-0.05, 0) is 55.1 Å². The Morgan fingerprint density at radius 3 is 2.54 bits per heavy atom. The predicted octanol–water partition coefficient (Wildman–Crippen LogP) is 5.43. The third-order valence-corrected chi connectivity index (χ3v) is 6.13. The molecule has 6 heteroatoms. The Kier molecular flexibility index (Phi) is 5.79. The minimum absolute atomic E-state index is 0. The molecule has 2 aromatic heterocycles. The normalized spacial score (nSPS) is 12.1. The molecule has 0 bridgehead atoms. The molecule has 2 heterocycles. The van der Waals surface area contributed by atoms with Gasteiger partial charge < -0.3 is 15.0 Å². The number of aryl methyl sites for hydroxylation is 1. The number of benzene rings is 2. The molecular weight excluding hydrogens is 392 g/mol. The zero-order valence-corrected chi connectivity index (χ0v) is 17.9. The Bertz CT molecular complexity index is 1200. The summed E-state index contributed by atoms with van der Waals surface area (Å²) in [6, 6.07) is 12.8. The molecule has 0 aliphatic carbocycles. The molecule has 0 radical (unpaired) electrons. The van der Waals surface area contributed by atoms with Gasteiger partial charge in [0.2, 0.25) is 0 Å². The second kappa shape index (κ2) is 7.95. The first-order chi connectivity index (χ1) is 13.0. The van der Waals surface area contributed by atoms with E-state index in [1.807, 2.05) is 31.5 Å². The van der Waals surface area contributed by atoms with Crippen molar-refractivity contribution in [1.82, 2.24) is 10.3 Å². The van der Waals surface area contributed by atoms with E-state index in [9.17, 15) is 4.79 Å². The summed E-state index contributed by atoms with van der Waals surface area (Å²) in [4.78, 5) is 15.6. The summed E-state index contributed by atoms with van der Waals surface area (Å²) in [5.74, 6) is 0.814. The lowest BCUT2D eigenvalue weighted by molar-refractivity contribution is 0.416. The summed E-state index contributed by atoms with van der Waals surface area (Å²) >= 11 is 1.47. The highest BCUT2D eigenvalue weighted by Gasteiger charge is 2.18. The van der Waals surface area contributed by atoms with Crippen molar-refractivity contribution < 1.29 is 4.74 Å². The van der Waals surface area contributed by atoms with Crippen molar-refractivity contribution in [3.8, 4) is 16.9 Å². The van der Waals surface area contributed by atoms with E-state index in [-0.39, 0.29) is 24.0 Å². The van der Waals surface area contributed by atoms with Crippen LogP contribution in [0.3, 0.4) is 0 Å². The molecule has 0 aliphatic rings. The van der Waals surface area contributed by atoms with Crippen LogP contribution in [-0.4, -0.2) is 19.1 Å². The van der Waals surface area contributed by atoms with Gasteiger partial charge in [-0.25, -0.2) is 0 Å². The first-order valence-corrected chi connectivity index (χ1v) is 9.81. The molecule has 0 saturated heterocycles. The van der Waals surface area contributed by atoms with E-state index in [0.29, 0.717) is 0 Å². The average Bonchev–Trinajstić information content (AvgIpc) is 3.18. The maximum Gasteiger partial charge on any atom is 0.266 e. The number of aromatic nitrogens is 1. The second-order valence-electron chi connectivity index (χ2n) is 6.77. The maximum atomic E-state index is 12.5. The molecule has 4 nitrogen and oxygen atoms in total. The van der Waals surface area contributed by atoms with Crippen LogP contribution in [-0.2, 0) is 0 Å². The molecule has 0 fully saturated rings.